The van der Waals surface area contributed by atoms with E-state index in [4.69, 9.17) is 9.84 Å². The first-order valence-corrected chi connectivity index (χ1v) is 11.4. The topological polar surface area (TPSA) is 118 Å². The number of carbonyl (C=O) groups excluding carboxylic acids is 2. The molecule has 0 bridgehead atoms. The van der Waals surface area contributed by atoms with Gasteiger partial charge in [0.25, 0.3) is 0 Å². The average molecular weight is 474 g/mol. The molecule has 3 aromatic rings. The second kappa shape index (κ2) is 10.4. The number of nitrogens with one attached hydrogen (secondary N) is 2. The molecule has 0 saturated carbocycles. The molecule has 1 atom stereocenters. The molecule has 8 nitrogen and oxygen atoms in total. The highest BCUT2D eigenvalue weighted by molar-refractivity contribution is 5.96. The Morgan fingerprint density at radius 2 is 1.60 bits per heavy atom. The molecule has 2 amide bonds. The smallest absolute Gasteiger partial charge is 0.407 e. The lowest BCUT2D eigenvalue weighted by atomic mass is 9.98. The third-order valence-electron chi connectivity index (χ3n) is 5.91. The largest absolute Gasteiger partial charge is 0.477 e. The number of hydrogen-bond donors (Lipinski definition) is 3. The molecule has 1 aliphatic rings. The number of carbonyl (C=O) groups is 3. The fraction of sp³-hybridized carbons (Fsp3) is 0.259. The zero-order chi connectivity index (χ0) is 24.9. The molecule has 1 aromatic heterocycles. The molecule has 180 valence electrons. The lowest BCUT2D eigenvalue weighted by Gasteiger charge is -2.21. The van der Waals surface area contributed by atoms with Crippen molar-refractivity contribution in [2.45, 2.75) is 32.2 Å². The zero-order valence-corrected chi connectivity index (χ0v) is 19.5. The molecule has 4 rings (SSSR count). The minimum Gasteiger partial charge on any atom is -0.477 e. The number of aromatic carboxylic acids is 1. The Morgan fingerprint density at radius 1 is 0.971 bits per heavy atom. The molecule has 1 heterocycles. The van der Waals surface area contributed by atoms with E-state index in [2.05, 4.69) is 27.8 Å². The summed E-state index contributed by atoms with van der Waals surface area (Å²) in [6.45, 7) is 4.04. The number of fused-ring (bicyclic) bond motifs is 3. The van der Waals surface area contributed by atoms with Crippen LogP contribution in [0.5, 0.6) is 0 Å². The molecule has 0 unspecified atom stereocenters. The van der Waals surface area contributed by atoms with E-state index in [-0.39, 0.29) is 24.1 Å². The van der Waals surface area contributed by atoms with Gasteiger partial charge in [0.05, 0.1) is 11.9 Å². The van der Waals surface area contributed by atoms with E-state index in [1.54, 1.807) is 0 Å². The number of pyridine rings is 1. The number of alkyl carbamates (subject to hydrolysis) is 1. The highest BCUT2D eigenvalue weighted by Gasteiger charge is 2.30. The van der Waals surface area contributed by atoms with Gasteiger partial charge in [-0.25, -0.2) is 14.6 Å². The first kappa shape index (κ1) is 23.9. The van der Waals surface area contributed by atoms with Crippen molar-refractivity contribution >= 4 is 23.7 Å². The summed E-state index contributed by atoms with van der Waals surface area (Å²) >= 11 is 0. The molecule has 35 heavy (non-hydrogen) atoms. The Morgan fingerprint density at radius 3 is 2.14 bits per heavy atom. The van der Waals surface area contributed by atoms with Crippen molar-refractivity contribution in [1.29, 1.82) is 0 Å². The van der Waals surface area contributed by atoms with E-state index in [1.807, 2.05) is 50.2 Å². The summed E-state index contributed by atoms with van der Waals surface area (Å²) in [6.07, 6.45) is 0.990. The number of benzene rings is 2. The SMILES string of the molecule is CC(C)C[C@H](NC(=O)OCC1c2ccccc2-c2ccccc21)C(=O)Nc1ccc(C(=O)O)nc1. The third kappa shape index (κ3) is 5.48. The van der Waals surface area contributed by atoms with E-state index < -0.39 is 24.0 Å². The number of anilines is 1. The Kier molecular flexibility index (Phi) is 7.10. The van der Waals surface area contributed by atoms with Crippen LogP contribution in [0.25, 0.3) is 11.1 Å². The highest BCUT2D eigenvalue weighted by atomic mass is 16.5. The van der Waals surface area contributed by atoms with Crippen molar-refractivity contribution in [3.8, 4) is 11.1 Å². The van der Waals surface area contributed by atoms with Crippen LogP contribution in [0.2, 0.25) is 0 Å². The van der Waals surface area contributed by atoms with Crippen LogP contribution in [0.1, 0.15) is 47.8 Å². The Hall–Kier alpha value is -4.20. The molecule has 8 heteroatoms. The summed E-state index contributed by atoms with van der Waals surface area (Å²) in [5.74, 6) is -1.54. The van der Waals surface area contributed by atoms with Crippen LogP contribution in [-0.4, -0.2) is 40.7 Å². The van der Waals surface area contributed by atoms with Gasteiger partial charge < -0.3 is 20.5 Å². The van der Waals surface area contributed by atoms with Gasteiger partial charge in [-0.05, 0) is 46.7 Å². The lowest BCUT2D eigenvalue weighted by Crippen LogP contribution is -2.45. The fourth-order valence-corrected chi connectivity index (χ4v) is 4.31. The highest BCUT2D eigenvalue weighted by Crippen LogP contribution is 2.44. The van der Waals surface area contributed by atoms with Crippen LogP contribution < -0.4 is 10.6 Å². The Bertz CT molecular complexity index is 1190. The summed E-state index contributed by atoms with van der Waals surface area (Å²) in [5, 5.41) is 14.3. The summed E-state index contributed by atoms with van der Waals surface area (Å²) in [7, 11) is 0. The maximum atomic E-state index is 12.9. The maximum absolute atomic E-state index is 12.9. The number of nitrogens with zero attached hydrogens (tertiary/aromatic N) is 1. The van der Waals surface area contributed by atoms with Gasteiger partial charge >= 0.3 is 12.1 Å². The first-order chi connectivity index (χ1) is 16.8. The number of amides is 2. The molecule has 0 aliphatic heterocycles. The zero-order valence-electron chi connectivity index (χ0n) is 19.5. The van der Waals surface area contributed by atoms with E-state index in [0.29, 0.717) is 12.1 Å². The van der Waals surface area contributed by atoms with Gasteiger partial charge in [0.2, 0.25) is 5.91 Å². The Labute approximate surface area is 203 Å². The van der Waals surface area contributed by atoms with Gasteiger partial charge in [-0.1, -0.05) is 62.4 Å². The number of ether oxygens (including phenoxy) is 1. The predicted molar refractivity (Wildman–Crippen MR) is 131 cm³/mol. The average Bonchev–Trinajstić information content (AvgIpc) is 3.16. The molecule has 3 N–H and O–H groups in total. The van der Waals surface area contributed by atoms with Crippen LogP contribution in [0, 0.1) is 5.92 Å². The monoisotopic (exact) mass is 473 g/mol. The van der Waals surface area contributed by atoms with Crippen LogP contribution in [0.4, 0.5) is 10.5 Å². The van der Waals surface area contributed by atoms with Crippen molar-refractivity contribution in [2.75, 3.05) is 11.9 Å². The number of aromatic nitrogens is 1. The summed E-state index contributed by atoms with van der Waals surface area (Å²) in [6, 6.07) is 18.1. The van der Waals surface area contributed by atoms with Crippen molar-refractivity contribution in [3.63, 3.8) is 0 Å². The third-order valence-corrected chi connectivity index (χ3v) is 5.91. The summed E-state index contributed by atoms with van der Waals surface area (Å²) in [4.78, 5) is 40.3. The number of rotatable bonds is 8. The van der Waals surface area contributed by atoms with Crippen molar-refractivity contribution in [2.24, 2.45) is 5.92 Å². The second-order valence-corrected chi connectivity index (χ2v) is 8.88. The normalized spacial score (nSPS) is 13.0. The Balaban J connectivity index is 1.41. The summed E-state index contributed by atoms with van der Waals surface area (Å²) in [5.41, 5.74) is 4.69. The van der Waals surface area contributed by atoms with Gasteiger partial charge in [-0.3, -0.25) is 4.79 Å². The van der Waals surface area contributed by atoms with E-state index in [0.717, 1.165) is 22.3 Å². The van der Waals surface area contributed by atoms with Gasteiger partial charge in [-0.2, -0.15) is 0 Å². The van der Waals surface area contributed by atoms with Crippen molar-refractivity contribution in [3.05, 3.63) is 83.7 Å². The van der Waals surface area contributed by atoms with Gasteiger partial charge in [-0.15, -0.1) is 0 Å². The maximum Gasteiger partial charge on any atom is 0.407 e. The molecular weight excluding hydrogens is 446 g/mol. The van der Waals surface area contributed by atoms with Gasteiger partial charge in [0.15, 0.2) is 0 Å². The van der Waals surface area contributed by atoms with E-state index in [9.17, 15) is 14.4 Å². The molecule has 0 fully saturated rings. The number of carboxylic acid groups (broad SMARTS) is 1. The fourth-order valence-electron chi connectivity index (χ4n) is 4.31. The number of hydrogen-bond acceptors (Lipinski definition) is 5. The minimum absolute atomic E-state index is 0.0793. The van der Waals surface area contributed by atoms with E-state index >= 15 is 0 Å². The van der Waals surface area contributed by atoms with Crippen molar-refractivity contribution < 1.29 is 24.2 Å². The molecular formula is C27H27N3O5. The van der Waals surface area contributed by atoms with Crippen LogP contribution in [0.15, 0.2) is 66.9 Å². The molecule has 0 saturated heterocycles. The summed E-state index contributed by atoms with van der Waals surface area (Å²) < 4.78 is 5.59. The van der Waals surface area contributed by atoms with E-state index in [1.165, 1.54) is 18.3 Å². The second-order valence-electron chi connectivity index (χ2n) is 8.88. The molecule has 0 spiro atoms. The quantitative estimate of drug-likeness (QED) is 0.438. The van der Waals surface area contributed by atoms with Crippen molar-refractivity contribution in [1.82, 2.24) is 10.3 Å². The minimum atomic E-state index is -1.16. The predicted octanol–water partition coefficient (Wildman–Crippen LogP) is 4.67. The first-order valence-electron chi connectivity index (χ1n) is 11.4. The van der Waals surface area contributed by atoms with Crippen LogP contribution in [-0.2, 0) is 9.53 Å². The standard InChI is InChI=1S/C27H27N3O5/c1-16(2)13-24(25(31)29-17-11-12-23(26(32)33)28-14-17)30-27(34)35-15-22-20-9-5-3-7-18(20)19-8-4-6-10-21(19)22/h3-12,14,16,22,24H,13,15H2,1-2H3,(H,29,31)(H,30,34)(H,32,33)/t24-/m0/s1. The number of carboxylic acids is 1. The van der Waals surface area contributed by atoms with Gasteiger partial charge in [0, 0.05) is 5.92 Å². The lowest BCUT2D eigenvalue weighted by molar-refractivity contribution is -0.118. The molecule has 0 radical (unpaired) electrons. The van der Waals surface area contributed by atoms with Crippen LogP contribution >= 0.6 is 0 Å². The molecule has 1 aliphatic carbocycles. The van der Waals surface area contributed by atoms with Gasteiger partial charge in [0.1, 0.15) is 18.3 Å². The molecule has 2 aromatic carbocycles. The van der Waals surface area contributed by atoms with Crippen LogP contribution in [0.3, 0.4) is 0 Å².